The first-order valence-corrected chi connectivity index (χ1v) is 9.21. The topological polar surface area (TPSA) is 67.9 Å². The van der Waals surface area contributed by atoms with Crippen LogP contribution in [-0.2, 0) is 0 Å². The number of quaternary nitrogens is 1. The summed E-state index contributed by atoms with van der Waals surface area (Å²) in [4.78, 5) is 26.4. The Morgan fingerprint density at radius 1 is 1.19 bits per heavy atom. The lowest BCUT2D eigenvalue weighted by Gasteiger charge is -2.31. The van der Waals surface area contributed by atoms with Crippen LogP contribution in [0.25, 0.3) is 6.08 Å². The maximum atomic E-state index is 12.7. The van der Waals surface area contributed by atoms with Crippen molar-refractivity contribution in [2.45, 2.75) is 0 Å². The van der Waals surface area contributed by atoms with Crippen molar-refractivity contribution in [3.8, 4) is 0 Å². The zero-order valence-electron chi connectivity index (χ0n) is 14.8. The number of hydrogen-bond donors (Lipinski definition) is 1. The van der Waals surface area contributed by atoms with E-state index in [0.29, 0.717) is 13.1 Å². The predicted octanol–water partition coefficient (Wildman–Crippen LogP) is 2.30. The van der Waals surface area contributed by atoms with Gasteiger partial charge in [-0.1, -0.05) is 48.0 Å². The first kappa shape index (κ1) is 19.1. The van der Waals surface area contributed by atoms with E-state index in [1.54, 1.807) is 4.90 Å². The maximum Gasteiger partial charge on any atom is 0.283 e. The van der Waals surface area contributed by atoms with E-state index in [4.69, 9.17) is 11.6 Å². The highest BCUT2D eigenvalue weighted by atomic mass is 35.5. The van der Waals surface area contributed by atoms with Crippen LogP contribution in [0.15, 0.2) is 54.6 Å². The molecular weight excluding hydrogens is 366 g/mol. The summed E-state index contributed by atoms with van der Waals surface area (Å²) in [5.41, 5.74) is 1.02. The number of nitrogens with zero attached hydrogens (tertiary/aromatic N) is 2. The molecule has 0 atom stereocenters. The molecule has 0 aromatic heterocycles. The molecule has 1 N–H and O–H groups in total. The van der Waals surface area contributed by atoms with Crippen LogP contribution >= 0.6 is 11.6 Å². The molecule has 27 heavy (non-hydrogen) atoms. The SMILES string of the molecule is O=C(c1ccc(Cl)cc1[N+](=O)[O-])N1CC[NH+](C/C=C/c2ccccc2)CC1. The van der Waals surface area contributed by atoms with Crippen molar-refractivity contribution in [2.24, 2.45) is 0 Å². The third kappa shape index (κ3) is 4.93. The van der Waals surface area contributed by atoms with Gasteiger partial charge in [-0.05, 0) is 23.8 Å². The summed E-state index contributed by atoms with van der Waals surface area (Å²) >= 11 is 5.82. The molecule has 0 saturated carbocycles. The Labute approximate surface area is 162 Å². The second-order valence-electron chi connectivity index (χ2n) is 6.48. The van der Waals surface area contributed by atoms with Gasteiger partial charge in [0.25, 0.3) is 11.6 Å². The Balaban J connectivity index is 1.57. The summed E-state index contributed by atoms with van der Waals surface area (Å²) < 4.78 is 0. The Morgan fingerprint density at radius 3 is 2.56 bits per heavy atom. The van der Waals surface area contributed by atoms with Crippen molar-refractivity contribution in [1.82, 2.24) is 4.90 Å². The molecule has 0 bridgehead atoms. The summed E-state index contributed by atoms with van der Waals surface area (Å²) in [7, 11) is 0. The van der Waals surface area contributed by atoms with Crippen molar-refractivity contribution in [2.75, 3.05) is 32.7 Å². The van der Waals surface area contributed by atoms with Gasteiger partial charge in [-0.25, -0.2) is 0 Å². The molecule has 0 spiro atoms. The van der Waals surface area contributed by atoms with E-state index in [1.165, 1.54) is 28.7 Å². The van der Waals surface area contributed by atoms with Gasteiger partial charge >= 0.3 is 0 Å². The van der Waals surface area contributed by atoms with E-state index in [2.05, 4.69) is 24.3 Å². The monoisotopic (exact) mass is 386 g/mol. The Hall–Kier alpha value is -2.70. The zero-order chi connectivity index (χ0) is 19.2. The lowest BCUT2D eigenvalue weighted by molar-refractivity contribution is -0.898. The number of carbonyl (C=O) groups excluding carboxylic acids is 1. The minimum absolute atomic E-state index is 0.0943. The average Bonchev–Trinajstić information content (AvgIpc) is 2.69. The third-order valence-electron chi connectivity index (χ3n) is 4.66. The minimum Gasteiger partial charge on any atom is -0.329 e. The second-order valence-corrected chi connectivity index (χ2v) is 6.91. The first-order valence-electron chi connectivity index (χ1n) is 8.83. The number of piperazine rings is 1. The fraction of sp³-hybridized carbons (Fsp3) is 0.250. The summed E-state index contributed by atoms with van der Waals surface area (Å²) in [5, 5.41) is 11.5. The van der Waals surface area contributed by atoms with E-state index in [-0.39, 0.29) is 22.2 Å². The van der Waals surface area contributed by atoms with Crippen LogP contribution in [0.1, 0.15) is 15.9 Å². The van der Waals surface area contributed by atoms with E-state index in [1.807, 2.05) is 18.2 Å². The van der Waals surface area contributed by atoms with E-state index >= 15 is 0 Å². The molecule has 2 aromatic carbocycles. The van der Waals surface area contributed by atoms with Crippen LogP contribution in [0.2, 0.25) is 5.02 Å². The maximum absolute atomic E-state index is 12.7. The second kappa shape index (κ2) is 8.79. The number of nitro benzene ring substituents is 1. The van der Waals surface area contributed by atoms with Crippen LogP contribution in [0.3, 0.4) is 0 Å². The number of nitrogens with one attached hydrogen (secondary N) is 1. The zero-order valence-corrected chi connectivity index (χ0v) is 15.6. The molecule has 0 unspecified atom stereocenters. The molecule has 1 fully saturated rings. The van der Waals surface area contributed by atoms with Crippen molar-refractivity contribution in [3.05, 3.63) is 80.9 Å². The fourth-order valence-corrected chi connectivity index (χ4v) is 3.33. The molecule has 1 aliphatic heterocycles. The fourth-order valence-electron chi connectivity index (χ4n) is 3.16. The van der Waals surface area contributed by atoms with Gasteiger partial charge in [0.2, 0.25) is 0 Å². The van der Waals surface area contributed by atoms with Gasteiger partial charge in [-0.15, -0.1) is 0 Å². The number of nitro groups is 1. The third-order valence-corrected chi connectivity index (χ3v) is 4.90. The molecule has 1 aliphatic rings. The largest absolute Gasteiger partial charge is 0.329 e. The highest BCUT2D eigenvalue weighted by Crippen LogP contribution is 2.24. The molecule has 1 amide bonds. The van der Waals surface area contributed by atoms with Crippen LogP contribution in [0, 0.1) is 10.1 Å². The van der Waals surface area contributed by atoms with E-state index in [0.717, 1.165) is 19.6 Å². The Kier molecular flexibility index (Phi) is 6.21. The molecule has 3 rings (SSSR count). The normalized spacial score (nSPS) is 15.2. The number of amides is 1. The lowest BCUT2D eigenvalue weighted by Crippen LogP contribution is -3.14. The average molecular weight is 387 g/mol. The van der Waals surface area contributed by atoms with Gasteiger partial charge in [0, 0.05) is 11.1 Å². The summed E-state index contributed by atoms with van der Waals surface area (Å²) in [6, 6.07) is 14.3. The highest BCUT2D eigenvalue weighted by Gasteiger charge is 2.28. The highest BCUT2D eigenvalue weighted by molar-refractivity contribution is 6.31. The number of hydrogen-bond acceptors (Lipinski definition) is 3. The molecule has 2 aromatic rings. The molecule has 1 heterocycles. The van der Waals surface area contributed by atoms with Gasteiger partial charge in [0.15, 0.2) is 0 Å². The summed E-state index contributed by atoms with van der Waals surface area (Å²) in [5.74, 6) is -0.308. The predicted molar refractivity (Wildman–Crippen MR) is 105 cm³/mol. The van der Waals surface area contributed by atoms with Gasteiger partial charge in [0.1, 0.15) is 5.56 Å². The van der Waals surface area contributed by atoms with Gasteiger partial charge in [-0.3, -0.25) is 14.9 Å². The van der Waals surface area contributed by atoms with Gasteiger partial charge in [-0.2, -0.15) is 0 Å². The van der Waals surface area contributed by atoms with Crippen molar-refractivity contribution in [1.29, 1.82) is 0 Å². The van der Waals surface area contributed by atoms with E-state index < -0.39 is 4.92 Å². The molecule has 140 valence electrons. The number of carbonyl (C=O) groups is 1. The molecule has 0 radical (unpaired) electrons. The minimum atomic E-state index is -0.561. The first-order chi connectivity index (χ1) is 13.0. The number of benzene rings is 2. The quantitative estimate of drug-likeness (QED) is 0.633. The molecular formula is C20H21ClN3O3+. The molecule has 6 nitrogen and oxygen atoms in total. The molecule has 0 aliphatic carbocycles. The van der Waals surface area contributed by atoms with Crippen LogP contribution in [0.5, 0.6) is 0 Å². The lowest BCUT2D eigenvalue weighted by atomic mass is 10.1. The Bertz CT molecular complexity index is 847. The molecule has 7 heteroatoms. The van der Waals surface area contributed by atoms with Crippen molar-refractivity contribution >= 4 is 29.3 Å². The summed E-state index contributed by atoms with van der Waals surface area (Å²) in [6.07, 6.45) is 4.24. The van der Waals surface area contributed by atoms with Crippen LogP contribution in [-0.4, -0.2) is 48.5 Å². The summed E-state index contributed by atoms with van der Waals surface area (Å²) in [6.45, 7) is 3.66. The van der Waals surface area contributed by atoms with E-state index in [9.17, 15) is 14.9 Å². The smallest absolute Gasteiger partial charge is 0.283 e. The number of rotatable bonds is 5. The van der Waals surface area contributed by atoms with Crippen LogP contribution in [0.4, 0.5) is 5.69 Å². The van der Waals surface area contributed by atoms with Crippen molar-refractivity contribution < 1.29 is 14.6 Å². The van der Waals surface area contributed by atoms with Crippen LogP contribution < -0.4 is 4.90 Å². The number of halogens is 1. The van der Waals surface area contributed by atoms with Crippen molar-refractivity contribution in [3.63, 3.8) is 0 Å². The standard InChI is InChI=1S/C20H20ClN3O3/c21-17-8-9-18(19(15-17)24(26)27)20(25)23-13-11-22(12-14-23)10-4-7-16-5-2-1-3-6-16/h1-9,15H,10-14H2/p+1/b7-4+. The van der Waals surface area contributed by atoms with Gasteiger partial charge in [0.05, 0.1) is 37.6 Å². The van der Waals surface area contributed by atoms with Gasteiger partial charge < -0.3 is 9.80 Å². The Morgan fingerprint density at radius 2 is 1.89 bits per heavy atom. The molecule has 1 saturated heterocycles.